The van der Waals surface area contributed by atoms with Crippen LogP contribution in [0.3, 0.4) is 0 Å². The third kappa shape index (κ3) is 8.73. The van der Waals surface area contributed by atoms with Crippen LogP contribution in [-0.4, -0.2) is 86.4 Å². The molecule has 8 bridgehead atoms. The second-order valence-corrected chi connectivity index (χ2v) is 14.2. The number of H-pyrrole nitrogens is 1. The topological polar surface area (TPSA) is 125 Å². The van der Waals surface area contributed by atoms with Crippen LogP contribution in [-0.2, 0) is 4.74 Å². The Kier molecular flexibility index (Phi) is 10.6. The van der Waals surface area contributed by atoms with Gasteiger partial charge in [0.2, 0.25) is 0 Å². The number of halogens is 2. The molecule has 2 aromatic carbocycles. The van der Waals surface area contributed by atoms with Crippen molar-refractivity contribution in [3.05, 3.63) is 129 Å². The Bertz CT molecular complexity index is 2350. The highest BCUT2D eigenvalue weighted by molar-refractivity contribution is 6.31. The maximum absolute atomic E-state index is 13.6. The van der Waals surface area contributed by atoms with E-state index in [1.165, 1.54) is 6.07 Å². The van der Waals surface area contributed by atoms with Crippen molar-refractivity contribution in [2.24, 2.45) is 20.7 Å². The minimum atomic E-state index is -0.622. The van der Waals surface area contributed by atoms with E-state index in [9.17, 15) is 4.39 Å². The number of ether oxygens (including phenoxy) is 3. The largest absolute Gasteiger partial charge is 0.493 e. The summed E-state index contributed by atoms with van der Waals surface area (Å²) in [6, 6.07) is 12.6. The van der Waals surface area contributed by atoms with E-state index in [1.807, 2.05) is 84.0 Å². The number of nitrogens with one attached hydrogen (secondary N) is 2. The molecule has 1 fully saturated rings. The molecule has 3 aromatic rings. The Morgan fingerprint density at radius 1 is 0.945 bits per heavy atom. The third-order valence-electron chi connectivity index (χ3n) is 9.70. The van der Waals surface area contributed by atoms with Gasteiger partial charge in [0.05, 0.1) is 60.5 Å². The summed E-state index contributed by atoms with van der Waals surface area (Å²) in [4.78, 5) is 21.4. The molecule has 4 N–H and O–H groups in total. The number of rotatable bonds is 7. The smallest absolute Gasteiger partial charge is 0.162 e. The Morgan fingerprint density at radius 2 is 1.71 bits per heavy atom. The average molecular weight is 761 g/mol. The lowest BCUT2D eigenvalue weighted by Crippen LogP contribution is -2.47. The first-order valence-electron chi connectivity index (χ1n) is 18.3. The van der Waals surface area contributed by atoms with Gasteiger partial charge in [-0.25, -0.2) is 14.4 Å². The van der Waals surface area contributed by atoms with Gasteiger partial charge in [-0.3, -0.25) is 9.89 Å². The number of anilines is 2. The van der Waals surface area contributed by atoms with Crippen molar-refractivity contribution >= 4 is 52.8 Å². The molecule has 7 heterocycles. The van der Waals surface area contributed by atoms with Gasteiger partial charge in [0.1, 0.15) is 18.1 Å². The number of nitrogens with zero attached hydrogens (tertiary/aromatic N) is 5. The Labute approximate surface area is 323 Å². The lowest BCUT2D eigenvalue weighted by Gasteiger charge is -2.29. The fraction of sp³-hybridized carbons (Fsp3) is 0.262. The maximum atomic E-state index is 13.6. The normalized spacial score (nSPS) is 20.8. The summed E-state index contributed by atoms with van der Waals surface area (Å²) >= 11 is 5.98. The molecule has 0 radical (unpaired) electrons. The Balaban J connectivity index is 0.000000158. The molecule has 6 aliphatic heterocycles. The summed E-state index contributed by atoms with van der Waals surface area (Å²) in [6.07, 6.45) is 21.6. The van der Waals surface area contributed by atoms with Gasteiger partial charge in [-0.05, 0) is 91.4 Å². The molecule has 9 rings (SSSR count). The third-order valence-corrected chi connectivity index (χ3v) is 9.99. The summed E-state index contributed by atoms with van der Waals surface area (Å²) in [6.45, 7) is 5.54. The Morgan fingerprint density at radius 3 is 2.47 bits per heavy atom. The SMILES string of the molecule is COc1cc2c(cc1OCCCN1CCOCC1)C=NCN2c1ccc(F)c(Cl)c1.NC12C=C3C=CC(=N3)C=c3ccc([nH]3)=CC3=NC(=CC(=CC1)N2)C=C3. The summed E-state index contributed by atoms with van der Waals surface area (Å²) in [5.74, 6) is 0.886. The molecule has 0 amide bonds. The van der Waals surface area contributed by atoms with Crippen molar-refractivity contribution in [3.63, 3.8) is 0 Å². The van der Waals surface area contributed by atoms with Crippen molar-refractivity contribution in [3.8, 4) is 11.5 Å². The Hall–Kier alpha value is -5.53. The molecule has 282 valence electrons. The number of hydrogen-bond acceptors (Lipinski definition) is 10. The number of methoxy groups -OCH3 is 1. The van der Waals surface area contributed by atoms with Crippen LogP contribution < -0.4 is 36.1 Å². The van der Waals surface area contributed by atoms with Crippen molar-refractivity contribution < 1.29 is 18.6 Å². The van der Waals surface area contributed by atoms with Crippen LogP contribution >= 0.6 is 11.6 Å². The van der Waals surface area contributed by atoms with Crippen LogP contribution in [0, 0.1) is 5.82 Å². The van der Waals surface area contributed by atoms with E-state index in [-0.39, 0.29) is 5.02 Å². The number of morpholine rings is 1. The first-order chi connectivity index (χ1) is 26.8. The van der Waals surface area contributed by atoms with Crippen molar-refractivity contribution in [1.29, 1.82) is 0 Å². The van der Waals surface area contributed by atoms with Gasteiger partial charge in [0.25, 0.3) is 0 Å². The van der Waals surface area contributed by atoms with E-state index in [0.717, 1.165) is 95.4 Å². The predicted octanol–water partition coefficient (Wildman–Crippen LogP) is 5.03. The van der Waals surface area contributed by atoms with E-state index in [0.29, 0.717) is 31.2 Å². The van der Waals surface area contributed by atoms with Crippen LogP contribution in [0.25, 0.3) is 12.2 Å². The molecule has 1 aromatic heterocycles. The van der Waals surface area contributed by atoms with Gasteiger partial charge >= 0.3 is 0 Å². The van der Waals surface area contributed by atoms with Gasteiger partial charge in [-0.1, -0.05) is 17.7 Å². The van der Waals surface area contributed by atoms with Gasteiger partial charge in [0, 0.05) is 66.0 Å². The van der Waals surface area contributed by atoms with Crippen LogP contribution in [0.5, 0.6) is 11.5 Å². The molecule has 55 heavy (non-hydrogen) atoms. The molecule has 6 aliphatic rings. The predicted molar refractivity (Wildman–Crippen MR) is 217 cm³/mol. The quantitative estimate of drug-likeness (QED) is 0.289. The fourth-order valence-electron chi connectivity index (χ4n) is 6.93. The number of allylic oxidation sites excluding steroid dienone is 5. The number of aliphatic imine (C=N–C) groups is 3. The average Bonchev–Trinajstić information content (AvgIpc) is 4.01. The molecular weight excluding hydrogens is 719 g/mol. The zero-order chi connectivity index (χ0) is 37.8. The molecule has 0 spiro atoms. The first kappa shape index (κ1) is 36.4. The number of aromatic nitrogens is 1. The zero-order valence-electron chi connectivity index (χ0n) is 30.5. The minimum Gasteiger partial charge on any atom is -0.493 e. The lowest BCUT2D eigenvalue weighted by molar-refractivity contribution is 0.0357. The summed E-state index contributed by atoms with van der Waals surface area (Å²) in [5.41, 5.74) is 13.0. The molecule has 0 aliphatic carbocycles. The second-order valence-electron chi connectivity index (χ2n) is 13.8. The molecule has 1 saturated heterocycles. The van der Waals surface area contributed by atoms with Gasteiger partial charge < -0.3 is 35.1 Å². The van der Waals surface area contributed by atoms with E-state index < -0.39 is 11.5 Å². The number of fused-ring (bicyclic) bond motifs is 7. The molecule has 1 atom stereocenters. The highest BCUT2D eigenvalue weighted by Crippen LogP contribution is 2.39. The van der Waals surface area contributed by atoms with E-state index in [1.54, 1.807) is 19.2 Å². The lowest BCUT2D eigenvalue weighted by atomic mass is 10.1. The summed E-state index contributed by atoms with van der Waals surface area (Å²) in [5, 5.41) is 5.47. The monoisotopic (exact) mass is 760 g/mol. The second kappa shape index (κ2) is 16.1. The van der Waals surface area contributed by atoms with Crippen molar-refractivity contribution in [1.82, 2.24) is 15.2 Å². The molecular formula is C42H42ClFN8O3. The van der Waals surface area contributed by atoms with Gasteiger partial charge in [0.15, 0.2) is 11.5 Å². The molecule has 0 saturated carbocycles. The van der Waals surface area contributed by atoms with Crippen molar-refractivity contribution in [2.75, 3.05) is 58.1 Å². The number of hydrogen-bond donors (Lipinski definition) is 3. The number of nitrogens with two attached hydrogens (primary N) is 1. The van der Waals surface area contributed by atoms with Crippen molar-refractivity contribution in [2.45, 2.75) is 18.5 Å². The first-order valence-corrected chi connectivity index (χ1v) is 18.7. The summed E-state index contributed by atoms with van der Waals surface area (Å²) < 4.78 is 30.6. The molecule has 1 unspecified atom stereocenters. The molecule has 13 heteroatoms. The highest BCUT2D eigenvalue weighted by atomic mass is 35.5. The number of aromatic amines is 1. The minimum absolute atomic E-state index is 0.0794. The van der Waals surface area contributed by atoms with Crippen LogP contribution in [0.15, 0.2) is 117 Å². The van der Waals surface area contributed by atoms with E-state index in [2.05, 4.69) is 36.3 Å². The zero-order valence-corrected chi connectivity index (χ0v) is 31.2. The maximum Gasteiger partial charge on any atom is 0.162 e. The molecule has 11 nitrogen and oxygen atoms in total. The van der Waals surface area contributed by atoms with Crippen LogP contribution in [0.2, 0.25) is 5.02 Å². The van der Waals surface area contributed by atoms with E-state index >= 15 is 0 Å². The highest BCUT2D eigenvalue weighted by Gasteiger charge is 2.28. The van der Waals surface area contributed by atoms with Gasteiger partial charge in [-0.2, -0.15) is 0 Å². The number of benzene rings is 2. The summed E-state index contributed by atoms with van der Waals surface area (Å²) in [7, 11) is 1.62. The van der Waals surface area contributed by atoms with Crippen LogP contribution in [0.4, 0.5) is 15.8 Å². The standard InChI is InChI=1S/C22H25ClFN3O3.C20H17N5/c1-28-21-13-20-16(11-22(21)30-8-2-5-26-6-9-29-10-7-26)14-25-15-27(20)17-3-4-19(24)18(23)12-17;21-20-8-7-18(25-20)11-17-4-3-14(23-17)9-13-1-2-15(22-13)10-16-5-6-19(12-20)24-16/h3-4,11-14H,2,5-10,15H2,1H3;1-7,9-12,22,25H,8,21H2. The fourth-order valence-corrected chi connectivity index (χ4v) is 7.10. The van der Waals surface area contributed by atoms with Gasteiger partial charge in [-0.15, -0.1) is 0 Å². The van der Waals surface area contributed by atoms with Crippen LogP contribution in [0.1, 0.15) is 18.4 Å². The van der Waals surface area contributed by atoms with E-state index in [4.69, 9.17) is 31.5 Å².